The normalized spacial score (nSPS) is 13.4. The number of carbonyl (C=O) groups is 4. The molecule has 0 aliphatic rings. The van der Waals surface area contributed by atoms with Crippen LogP contribution >= 0.6 is 0 Å². The Balaban J connectivity index is 3.70. The van der Waals surface area contributed by atoms with Crippen molar-refractivity contribution in [1.82, 2.24) is 15.5 Å². The van der Waals surface area contributed by atoms with Gasteiger partial charge in [0, 0.05) is 5.54 Å². The number of aryl methyl sites for hydroxylation is 2. The highest BCUT2D eigenvalue weighted by Gasteiger charge is 2.43. The smallest absolute Gasteiger partial charge is 0.408 e. The molecular weight excluding hydrogens is 486 g/mol. The standard InChI is InChI=1S/C29H47N3O6/c1-12-29(9,10)32(26(35)22(13-18(2)3)31-27(36)38-28(6,7)8)24(25(34)30-17-23(33)37-11)21-15-19(4)14-20(5)16-21/h14-16,18,22,24H,12-13,17H2,1-11H3,(H,30,34)(H,31,36). The maximum Gasteiger partial charge on any atom is 0.408 e. The van der Waals surface area contributed by atoms with E-state index in [2.05, 4.69) is 10.6 Å². The minimum Gasteiger partial charge on any atom is -0.468 e. The largest absolute Gasteiger partial charge is 0.468 e. The highest BCUT2D eigenvalue weighted by Crippen LogP contribution is 2.33. The number of hydrogen-bond donors (Lipinski definition) is 2. The number of ether oxygens (including phenoxy) is 2. The monoisotopic (exact) mass is 533 g/mol. The number of esters is 1. The molecular formula is C29H47N3O6. The van der Waals surface area contributed by atoms with Crippen molar-refractivity contribution in [3.05, 3.63) is 34.9 Å². The van der Waals surface area contributed by atoms with Gasteiger partial charge in [-0.25, -0.2) is 4.79 Å². The summed E-state index contributed by atoms with van der Waals surface area (Å²) in [6, 6.07) is 3.71. The Morgan fingerprint density at radius 1 is 0.974 bits per heavy atom. The first-order chi connectivity index (χ1) is 17.4. The van der Waals surface area contributed by atoms with Gasteiger partial charge in [-0.3, -0.25) is 14.4 Å². The lowest BCUT2D eigenvalue weighted by atomic mass is 9.90. The molecule has 0 saturated heterocycles. The molecule has 0 aliphatic heterocycles. The predicted octanol–water partition coefficient (Wildman–Crippen LogP) is 4.59. The molecule has 38 heavy (non-hydrogen) atoms. The van der Waals surface area contributed by atoms with Crippen molar-refractivity contribution in [2.24, 2.45) is 5.92 Å². The third kappa shape index (κ3) is 9.99. The van der Waals surface area contributed by atoms with Crippen molar-refractivity contribution in [2.45, 2.75) is 105 Å². The molecule has 2 N–H and O–H groups in total. The molecule has 2 unspecified atom stereocenters. The fraction of sp³-hybridized carbons (Fsp3) is 0.655. The van der Waals surface area contributed by atoms with Crippen LogP contribution in [0.2, 0.25) is 0 Å². The Bertz CT molecular complexity index is 976. The van der Waals surface area contributed by atoms with Crippen molar-refractivity contribution >= 4 is 23.9 Å². The van der Waals surface area contributed by atoms with E-state index >= 15 is 0 Å². The lowest BCUT2D eigenvalue weighted by Gasteiger charge is -2.45. The van der Waals surface area contributed by atoms with E-state index in [9.17, 15) is 19.2 Å². The summed E-state index contributed by atoms with van der Waals surface area (Å²) in [6.45, 7) is 18.4. The number of nitrogens with one attached hydrogen (secondary N) is 2. The molecule has 0 fully saturated rings. The van der Waals surface area contributed by atoms with Crippen molar-refractivity contribution in [3.8, 4) is 0 Å². The topological polar surface area (TPSA) is 114 Å². The predicted molar refractivity (Wildman–Crippen MR) is 148 cm³/mol. The quantitative estimate of drug-likeness (QED) is 0.402. The van der Waals surface area contributed by atoms with Gasteiger partial charge in [-0.2, -0.15) is 0 Å². The Hall–Kier alpha value is -3.10. The van der Waals surface area contributed by atoms with Gasteiger partial charge in [0.2, 0.25) is 11.8 Å². The van der Waals surface area contributed by atoms with E-state index in [-0.39, 0.29) is 12.5 Å². The molecule has 1 rings (SSSR count). The van der Waals surface area contributed by atoms with Crippen LogP contribution in [0.1, 0.15) is 91.0 Å². The van der Waals surface area contributed by atoms with Gasteiger partial charge in [0.1, 0.15) is 24.2 Å². The molecule has 214 valence electrons. The van der Waals surface area contributed by atoms with Gasteiger partial charge in [0.05, 0.1) is 7.11 Å². The van der Waals surface area contributed by atoms with E-state index < -0.39 is 47.1 Å². The summed E-state index contributed by atoms with van der Waals surface area (Å²) in [5.74, 6) is -1.46. The zero-order valence-corrected chi connectivity index (χ0v) is 25.0. The van der Waals surface area contributed by atoms with Gasteiger partial charge in [-0.15, -0.1) is 0 Å². The highest BCUT2D eigenvalue weighted by atomic mass is 16.6. The highest BCUT2D eigenvalue weighted by molar-refractivity contribution is 5.93. The summed E-state index contributed by atoms with van der Waals surface area (Å²) in [7, 11) is 1.24. The Morgan fingerprint density at radius 2 is 1.53 bits per heavy atom. The lowest BCUT2D eigenvalue weighted by molar-refractivity contribution is -0.150. The number of hydrogen-bond acceptors (Lipinski definition) is 6. The third-order valence-corrected chi connectivity index (χ3v) is 6.15. The van der Waals surface area contributed by atoms with E-state index in [1.54, 1.807) is 20.8 Å². The maximum absolute atomic E-state index is 14.4. The molecule has 9 nitrogen and oxygen atoms in total. The van der Waals surface area contributed by atoms with Crippen LogP contribution in [0.5, 0.6) is 0 Å². The number of rotatable bonds is 11. The summed E-state index contributed by atoms with van der Waals surface area (Å²) in [5, 5.41) is 5.39. The van der Waals surface area contributed by atoms with Crippen LogP contribution in [0, 0.1) is 19.8 Å². The van der Waals surface area contributed by atoms with E-state index in [1.165, 1.54) is 12.0 Å². The van der Waals surface area contributed by atoms with Crippen LogP contribution in [0.3, 0.4) is 0 Å². The zero-order valence-electron chi connectivity index (χ0n) is 25.0. The first-order valence-electron chi connectivity index (χ1n) is 13.2. The SMILES string of the molecule is CCC(C)(C)N(C(=O)C(CC(C)C)NC(=O)OC(C)(C)C)C(C(=O)NCC(=O)OC)c1cc(C)cc(C)c1. The number of alkyl carbamates (subject to hydrolysis) is 1. The minimum absolute atomic E-state index is 0.0679. The number of carbonyl (C=O) groups excluding carboxylic acids is 4. The molecule has 1 aromatic rings. The van der Waals surface area contributed by atoms with Crippen LogP contribution < -0.4 is 10.6 Å². The Kier molecular flexibility index (Phi) is 11.8. The summed E-state index contributed by atoms with van der Waals surface area (Å²) < 4.78 is 10.1. The number of benzene rings is 1. The fourth-order valence-electron chi connectivity index (χ4n) is 4.17. The zero-order chi connectivity index (χ0) is 29.4. The van der Waals surface area contributed by atoms with Crippen LogP contribution in [0.4, 0.5) is 4.79 Å². The van der Waals surface area contributed by atoms with Gasteiger partial charge < -0.3 is 25.0 Å². The van der Waals surface area contributed by atoms with Gasteiger partial charge >= 0.3 is 12.1 Å². The number of amides is 3. The van der Waals surface area contributed by atoms with Crippen LogP contribution in [0.15, 0.2) is 18.2 Å². The van der Waals surface area contributed by atoms with Gasteiger partial charge in [-0.05, 0) is 72.8 Å². The molecule has 0 aliphatic carbocycles. The van der Waals surface area contributed by atoms with Gasteiger partial charge in [0.25, 0.3) is 0 Å². The van der Waals surface area contributed by atoms with E-state index in [4.69, 9.17) is 9.47 Å². The average Bonchev–Trinajstić information content (AvgIpc) is 2.77. The second kappa shape index (κ2) is 13.6. The van der Waals surface area contributed by atoms with E-state index in [0.717, 1.165) is 11.1 Å². The van der Waals surface area contributed by atoms with Crippen molar-refractivity contribution in [1.29, 1.82) is 0 Å². The Labute approximate surface area is 228 Å². The van der Waals surface area contributed by atoms with E-state index in [1.807, 2.05) is 66.7 Å². The van der Waals surface area contributed by atoms with Crippen molar-refractivity contribution in [2.75, 3.05) is 13.7 Å². The molecule has 3 amide bonds. The molecule has 1 aromatic carbocycles. The lowest BCUT2D eigenvalue weighted by Crippen LogP contribution is -2.59. The van der Waals surface area contributed by atoms with Crippen molar-refractivity contribution < 1.29 is 28.7 Å². The summed E-state index contributed by atoms with van der Waals surface area (Å²) in [4.78, 5) is 54.2. The molecule has 0 heterocycles. The molecule has 0 bridgehead atoms. The summed E-state index contributed by atoms with van der Waals surface area (Å²) in [5.41, 5.74) is 0.941. The maximum atomic E-state index is 14.4. The molecule has 0 saturated carbocycles. The molecule has 2 atom stereocenters. The van der Waals surface area contributed by atoms with Gasteiger partial charge in [0.15, 0.2) is 0 Å². The van der Waals surface area contributed by atoms with Crippen LogP contribution in [0.25, 0.3) is 0 Å². The first kappa shape index (κ1) is 32.9. The van der Waals surface area contributed by atoms with Crippen LogP contribution in [-0.4, -0.2) is 59.6 Å². The number of methoxy groups -OCH3 is 1. The molecule has 0 aromatic heterocycles. The first-order valence-corrected chi connectivity index (χ1v) is 13.2. The second-order valence-electron chi connectivity index (χ2n) is 11.8. The van der Waals surface area contributed by atoms with Crippen molar-refractivity contribution in [3.63, 3.8) is 0 Å². The summed E-state index contributed by atoms with van der Waals surface area (Å²) >= 11 is 0. The fourth-order valence-corrected chi connectivity index (χ4v) is 4.17. The summed E-state index contributed by atoms with van der Waals surface area (Å²) in [6.07, 6.45) is 0.173. The minimum atomic E-state index is -1.06. The Morgan fingerprint density at radius 3 is 1.97 bits per heavy atom. The molecule has 0 radical (unpaired) electrons. The second-order valence-corrected chi connectivity index (χ2v) is 11.8. The van der Waals surface area contributed by atoms with E-state index in [0.29, 0.717) is 18.4 Å². The molecule has 0 spiro atoms. The third-order valence-electron chi connectivity index (χ3n) is 6.15. The average molecular weight is 534 g/mol. The van der Waals surface area contributed by atoms with Gasteiger partial charge in [-0.1, -0.05) is 50.1 Å². The van der Waals surface area contributed by atoms with Crippen LogP contribution in [-0.2, 0) is 23.9 Å². The number of nitrogens with zero attached hydrogens (tertiary/aromatic N) is 1. The molecule has 9 heteroatoms.